The van der Waals surface area contributed by atoms with E-state index in [0.717, 1.165) is 5.75 Å². The molecule has 1 aromatic heterocycles. The topological polar surface area (TPSA) is 77.2 Å². The molecule has 0 bridgehead atoms. The lowest BCUT2D eigenvalue weighted by atomic mass is 10.2. The van der Waals surface area contributed by atoms with Crippen LogP contribution in [0, 0.1) is 0 Å². The van der Waals surface area contributed by atoms with Crippen molar-refractivity contribution in [3.8, 4) is 17.2 Å². The van der Waals surface area contributed by atoms with Gasteiger partial charge in [-0.25, -0.2) is 0 Å². The highest BCUT2D eigenvalue weighted by atomic mass is 35.5. The number of carbonyl (C=O) groups is 1. The fraction of sp³-hybridized carbons (Fsp3) is 0.167. The molecule has 1 amide bonds. The van der Waals surface area contributed by atoms with E-state index in [1.54, 1.807) is 48.5 Å². The summed E-state index contributed by atoms with van der Waals surface area (Å²) in [6, 6.07) is 14.1. The quantitative estimate of drug-likeness (QED) is 0.730. The van der Waals surface area contributed by atoms with Crippen LogP contribution >= 0.6 is 11.6 Å². The third-order valence-corrected chi connectivity index (χ3v) is 3.54. The van der Waals surface area contributed by atoms with Crippen LogP contribution in [-0.2, 0) is 0 Å². The summed E-state index contributed by atoms with van der Waals surface area (Å²) in [5.41, 5.74) is 1.17. The number of hydrogen-bond donors (Lipinski definition) is 1. The minimum absolute atomic E-state index is 0.0852. The summed E-state index contributed by atoms with van der Waals surface area (Å²) >= 11 is 6.09. The molecule has 0 radical (unpaired) electrons. The largest absolute Gasteiger partial charge is 0.491 e. The Balaban J connectivity index is 1.71. The van der Waals surface area contributed by atoms with E-state index in [2.05, 4.69) is 15.5 Å². The van der Waals surface area contributed by atoms with Crippen molar-refractivity contribution in [2.24, 2.45) is 0 Å². The zero-order valence-corrected chi connectivity index (χ0v) is 14.4. The molecule has 0 saturated carbocycles. The molecule has 0 atom stereocenters. The van der Waals surface area contributed by atoms with Crippen molar-refractivity contribution in [1.29, 1.82) is 0 Å². The smallest absolute Gasteiger partial charge is 0.313 e. The number of rotatable bonds is 5. The van der Waals surface area contributed by atoms with Crippen molar-refractivity contribution in [2.75, 3.05) is 5.32 Å². The number of benzene rings is 2. The van der Waals surface area contributed by atoms with E-state index in [-0.39, 0.29) is 17.9 Å². The lowest BCUT2D eigenvalue weighted by molar-refractivity contribution is 0.0991. The van der Waals surface area contributed by atoms with Crippen molar-refractivity contribution in [3.63, 3.8) is 0 Å². The van der Waals surface area contributed by atoms with Crippen LogP contribution in [0.15, 0.2) is 52.9 Å². The minimum atomic E-state index is -0.497. The van der Waals surface area contributed by atoms with Gasteiger partial charge < -0.3 is 14.5 Å². The van der Waals surface area contributed by atoms with Crippen LogP contribution in [0.2, 0.25) is 5.02 Å². The number of carbonyl (C=O) groups excluding carboxylic acids is 1. The number of amides is 1. The molecule has 0 aliphatic heterocycles. The molecule has 3 aromatic rings. The molecular formula is C18H16ClN3O3. The summed E-state index contributed by atoms with van der Waals surface area (Å²) in [6.07, 6.45) is 0.0852. The molecule has 0 spiro atoms. The molecule has 0 unspecified atom stereocenters. The Hall–Kier alpha value is -2.86. The zero-order chi connectivity index (χ0) is 17.8. The van der Waals surface area contributed by atoms with E-state index >= 15 is 0 Å². The van der Waals surface area contributed by atoms with Crippen LogP contribution in [-0.4, -0.2) is 22.2 Å². The van der Waals surface area contributed by atoms with Gasteiger partial charge in [0.2, 0.25) is 5.89 Å². The molecule has 2 aromatic carbocycles. The third kappa shape index (κ3) is 4.16. The van der Waals surface area contributed by atoms with E-state index in [1.165, 1.54) is 0 Å². The molecule has 1 N–H and O–H groups in total. The maximum Gasteiger partial charge on any atom is 0.313 e. The number of hydrogen-bond acceptors (Lipinski definition) is 5. The Morgan fingerprint density at radius 2 is 1.84 bits per heavy atom. The van der Waals surface area contributed by atoms with Crippen molar-refractivity contribution < 1.29 is 13.9 Å². The number of nitrogens with zero attached hydrogens (tertiary/aromatic N) is 2. The number of nitrogens with one attached hydrogen (secondary N) is 1. The molecule has 0 saturated heterocycles. The Morgan fingerprint density at radius 1 is 1.12 bits per heavy atom. The first-order chi connectivity index (χ1) is 12.0. The van der Waals surface area contributed by atoms with Crippen LogP contribution in [0.5, 0.6) is 5.75 Å². The Bertz CT molecular complexity index is 875. The fourth-order valence-corrected chi connectivity index (χ4v) is 2.35. The third-order valence-electron chi connectivity index (χ3n) is 3.21. The van der Waals surface area contributed by atoms with E-state index in [0.29, 0.717) is 16.3 Å². The van der Waals surface area contributed by atoms with Gasteiger partial charge in [-0.05, 0) is 50.2 Å². The first-order valence-corrected chi connectivity index (χ1v) is 8.07. The summed E-state index contributed by atoms with van der Waals surface area (Å²) in [7, 11) is 0. The Morgan fingerprint density at radius 3 is 2.52 bits per heavy atom. The maximum absolute atomic E-state index is 12.2. The van der Waals surface area contributed by atoms with E-state index in [9.17, 15) is 4.79 Å². The molecule has 0 fully saturated rings. The van der Waals surface area contributed by atoms with E-state index in [4.69, 9.17) is 20.8 Å². The number of anilines is 1. The molecule has 7 heteroatoms. The van der Waals surface area contributed by atoms with Crippen molar-refractivity contribution in [1.82, 2.24) is 10.2 Å². The number of halogens is 1. The van der Waals surface area contributed by atoms with Gasteiger partial charge in [-0.2, -0.15) is 0 Å². The minimum Gasteiger partial charge on any atom is -0.491 e. The van der Waals surface area contributed by atoms with Crippen molar-refractivity contribution in [2.45, 2.75) is 20.0 Å². The molecule has 0 aliphatic rings. The predicted molar refractivity (Wildman–Crippen MR) is 94.9 cm³/mol. The Labute approximate surface area is 149 Å². The average molecular weight is 358 g/mol. The fourth-order valence-electron chi connectivity index (χ4n) is 2.13. The van der Waals surface area contributed by atoms with Gasteiger partial charge in [0.15, 0.2) is 0 Å². The highest BCUT2D eigenvalue weighted by Crippen LogP contribution is 2.26. The second kappa shape index (κ2) is 7.36. The van der Waals surface area contributed by atoms with Gasteiger partial charge in [-0.15, -0.1) is 10.2 Å². The summed E-state index contributed by atoms with van der Waals surface area (Å²) in [5, 5.41) is 10.8. The van der Waals surface area contributed by atoms with Crippen molar-refractivity contribution >= 4 is 23.2 Å². The monoisotopic (exact) mass is 357 g/mol. The maximum atomic E-state index is 12.2. The van der Waals surface area contributed by atoms with Gasteiger partial charge in [0.05, 0.1) is 16.7 Å². The second-order valence-electron chi connectivity index (χ2n) is 5.54. The van der Waals surface area contributed by atoms with Crippen LogP contribution in [0.25, 0.3) is 11.5 Å². The second-order valence-corrected chi connectivity index (χ2v) is 5.94. The van der Waals surface area contributed by atoms with Gasteiger partial charge in [-0.3, -0.25) is 4.79 Å². The van der Waals surface area contributed by atoms with Gasteiger partial charge >= 0.3 is 11.8 Å². The normalized spacial score (nSPS) is 10.7. The van der Waals surface area contributed by atoms with Crippen LogP contribution in [0.3, 0.4) is 0 Å². The summed E-state index contributed by atoms with van der Waals surface area (Å²) < 4.78 is 11.0. The summed E-state index contributed by atoms with van der Waals surface area (Å²) in [5.74, 6) is 0.281. The molecular weight excluding hydrogens is 342 g/mol. The molecule has 0 aliphatic carbocycles. The lowest BCUT2D eigenvalue weighted by Gasteiger charge is -2.10. The predicted octanol–water partition coefficient (Wildman–Crippen LogP) is 4.43. The number of aromatic nitrogens is 2. The number of ether oxygens (including phenoxy) is 1. The van der Waals surface area contributed by atoms with E-state index in [1.807, 2.05) is 13.8 Å². The summed E-state index contributed by atoms with van der Waals surface area (Å²) in [4.78, 5) is 12.2. The highest BCUT2D eigenvalue weighted by molar-refractivity contribution is 6.33. The SMILES string of the molecule is CC(C)Oc1ccc(NC(=O)c2nnc(-c3ccccc3Cl)o2)cc1. The van der Waals surface area contributed by atoms with Crippen molar-refractivity contribution in [3.05, 3.63) is 59.4 Å². The Kier molecular flexibility index (Phi) is 5.00. The highest BCUT2D eigenvalue weighted by Gasteiger charge is 2.17. The zero-order valence-electron chi connectivity index (χ0n) is 13.7. The first kappa shape index (κ1) is 17.0. The van der Waals surface area contributed by atoms with Gasteiger partial charge in [-0.1, -0.05) is 23.7 Å². The molecule has 3 rings (SSSR count). The molecule has 6 nitrogen and oxygen atoms in total. The molecule has 25 heavy (non-hydrogen) atoms. The van der Waals surface area contributed by atoms with Gasteiger partial charge in [0.25, 0.3) is 0 Å². The van der Waals surface area contributed by atoms with Gasteiger partial charge in [0.1, 0.15) is 5.75 Å². The van der Waals surface area contributed by atoms with E-state index < -0.39 is 5.91 Å². The van der Waals surface area contributed by atoms with Crippen LogP contribution in [0.4, 0.5) is 5.69 Å². The standard InChI is InChI=1S/C18H16ClN3O3/c1-11(2)24-13-9-7-12(8-10-13)20-16(23)18-22-21-17(25-18)14-5-3-4-6-15(14)19/h3-11H,1-2H3,(H,20,23). The average Bonchev–Trinajstić information content (AvgIpc) is 3.06. The lowest BCUT2D eigenvalue weighted by Crippen LogP contribution is -2.12. The van der Waals surface area contributed by atoms with Crippen LogP contribution in [0.1, 0.15) is 24.5 Å². The molecule has 128 valence electrons. The van der Waals surface area contributed by atoms with Crippen LogP contribution < -0.4 is 10.1 Å². The first-order valence-electron chi connectivity index (χ1n) is 7.69. The molecule has 1 heterocycles. The summed E-state index contributed by atoms with van der Waals surface area (Å²) in [6.45, 7) is 3.89. The van der Waals surface area contributed by atoms with Gasteiger partial charge in [0, 0.05) is 5.69 Å².